The average molecular weight is 432 g/mol. The van der Waals surface area contributed by atoms with Gasteiger partial charge in [-0.15, -0.1) is 5.10 Å². The van der Waals surface area contributed by atoms with Crippen molar-refractivity contribution in [2.45, 2.75) is 38.3 Å². The molecule has 0 spiro atoms. The van der Waals surface area contributed by atoms with Crippen molar-refractivity contribution in [1.29, 1.82) is 0 Å². The third-order valence-electron chi connectivity index (χ3n) is 7.03. The van der Waals surface area contributed by atoms with Gasteiger partial charge in [0.15, 0.2) is 0 Å². The largest absolute Gasteiger partial charge is 0.350 e. The molecule has 4 aromatic rings. The number of anilines is 1. The molecule has 2 fully saturated rings. The van der Waals surface area contributed by atoms with E-state index in [-0.39, 0.29) is 0 Å². The first-order valence-corrected chi connectivity index (χ1v) is 11.5. The van der Waals surface area contributed by atoms with Gasteiger partial charge in [0.25, 0.3) is 0 Å². The van der Waals surface area contributed by atoms with Crippen LogP contribution in [0.2, 0.25) is 0 Å². The fraction of sp³-hybridized carbons (Fsp3) is 0.478. The van der Waals surface area contributed by atoms with Crippen molar-refractivity contribution in [1.82, 2.24) is 38.8 Å². The molecule has 9 nitrogen and oxygen atoms in total. The number of aromatic nitrogens is 6. The van der Waals surface area contributed by atoms with Crippen LogP contribution in [0.15, 0.2) is 37.1 Å². The molecule has 1 saturated carbocycles. The predicted molar refractivity (Wildman–Crippen MR) is 124 cm³/mol. The van der Waals surface area contributed by atoms with Crippen LogP contribution in [0, 0.1) is 0 Å². The highest BCUT2D eigenvalue weighted by molar-refractivity contribution is 5.79. The lowest BCUT2D eigenvalue weighted by Crippen LogP contribution is -2.55. The number of aryl methyl sites for hydroxylation is 1. The van der Waals surface area contributed by atoms with E-state index in [1.54, 1.807) is 0 Å². The summed E-state index contributed by atoms with van der Waals surface area (Å²) in [5, 5.41) is 8.24. The molecular formula is C23H29N9. The van der Waals surface area contributed by atoms with Crippen LogP contribution in [0.4, 0.5) is 5.95 Å². The smallest absolute Gasteiger partial charge is 0.241 e. The minimum atomic E-state index is 0.451. The lowest BCUT2D eigenvalue weighted by Gasteiger charge is -2.46. The Hall–Kier alpha value is -3.04. The molecule has 166 valence electrons. The normalized spacial score (nSPS) is 22.4. The first kappa shape index (κ1) is 19.6. The maximum Gasteiger partial charge on any atom is 0.241 e. The van der Waals surface area contributed by atoms with Crippen molar-refractivity contribution in [2.75, 3.05) is 38.5 Å². The standard InChI is InChI=1S/C23H29N9/c1-3-18-13-26-23-25-12-16(15-31(18)23)20-4-5-32-21(20)14-24-22(28-32)27-17-10-19(11-17)30-8-6-29(2)7-9-30/h4-5,12-15,17,19H,3,6-11H2,1-2H3,(H,27,28)/t17-,19+. The monoisotopic (exact) mass is 431 g/mol. The SMILES string of the molecule is CCc1cnc2ncc(-c3ccn4nc(N[C@H]5C[C@@H](N6CCN(C)CC6)C5)ncc34)cn12. The van der Waals surface area contributed by atoms with Crippen molar-refractivity contribution in [2.24, 2.45) is 0 Å². The summed E-state index contributed by atoms with van der Waals surface area (Å²) < 4.78 is 3.96. The topological polar surface area (TPSA) is 78.9 Å². The lowest BCUT2D eigenvalue weighted by atomic mass is 9.85. The van der Waals surface area contributed by atoms with Gasteiger partial charge in [-0.25, -0.2) is 19.5 Å². The van der Waals surface area contributed by atoms with E-state index in [2.05, 4.69) is 60.7 Å². The van der Waals surface area contributed by atoms with Crippen molar-refractivity contribution < 1.29 is 0 Å². The van der Waals surface area contributed by atoms with E-state index in [9.17, 15) is 0 Å². The van der Waals surface area contributed by atoms with Gasteiger partial charge in [-0.3, -0.25) is 9.30 Å². The molecule has 0 aromatic carbocycles. The average Bonchev–Trinajstić information content (AvgIpc) is 3.39. The Bertz CT molecular complexity index is 1250. The van der Waals surface area contributed by atoms with Gasteiger partial charge in [0.1, 0.15) is 0 Å². The molecule has 1 aliphatic heterocycles. The van der Waals surface area contributed by atoms with E-state index in [0.717, 1.165) is 34.5 Å². The molecule has 1 saturated heterocycles. The van der Waals surface area contributed by atoms with E-state index in [1.807, 2.05) is 29.3 Å². The Balaban J connectivity index is 1.16. The summed E-state index contributed by atoms with van der Waals surface area (Å²) in [6, 6.07) is 3.22. The highest BCUT2D eigenvalue weighted by Crippen LogP contribution is 2.29. The lowest BCUT2D eigenvalue weighted by molar-refractivity contribution is 0.0656. The molecule has 1 aliphatic carbocycles. The van der Waals surface area contributed by atoms with E-state index in [0.29, 0.717) is 18.0 Å². The molecule has 0 radical (unpaired) electrons. The molecule has 1 N–H and O–H groups in total. The van der Waals surface area contributed by atoms with Crippen molar-refractivity contribution in [3.05, 3.63) is 42.7 Å². The Morgan fingerprint density at radius 3 is 2.66 bits per heavy atom. The second kappa shape index (κ2) is 7.83. The Labute approximate surface area is 187 Å². The van der Waals surface area contributed by atoms with Crippen LogP contribution in [-0.2, 0) is 6.42 Å². The van der Waals surface area contributed by atoms with Gasteiger partial charge in [0, 0.05) is 73.7 Å². The van der Waals surface area contributed by atoms with Gasteiger partial charge >= 0.3 is 0 Å². The number of nitrogens with zero attached hydrogens (tertiary/aromatic N) is 8. The van der Waals surface area contributed by atoms with E-state index in [4.69, 9.17) is 5.10 Å². The van der Waals surface area contributed by atoms with E-state index >= 15 is 0 Å². The minimum absolute atomic E-state index is 0.451. The van der Waals surface area contributed by atoms with Crippen LogP contribution < -0.4 is 5.32 Å². The molecule has 0 bridgehead atoms. The molecule has 0 amide bonds. The van der Waals surface area contributed by atoms with Crippen molar-refractivity contribution in [3.8, 4) is 11.1 Å². The Morgan fingerprint density at radius 2 is 1.84 bits per heavy atom. The van der Waals surface area contributed by atoms with Crippen LogP contribution in [-0.4, -0.2) is 84.1 Å². The first-order chi connectivity index (χ1) is 15.7. The molecule has 2 aliphatic rings. The summed E-state index contributed by atoms with van der Waals surface area (Å²) in [6.07, 6.45) is 13.0. The highest BCUT2D eigenvalue weighted by atomic mass is 15.3. The molecule has 0 atom stereocenters. The molecule has 32 heavy (non-hydrogen) atoms. The van der Waals surface area contributed by atoms with E-state index in [1.165, 1.54) is 39.0 Å². The maximum atomic E-state index is 4.71. The second-order valence-corrected chi connectivity index (χ2v) is 9.06. The number of hydrogen-bond acceptors (Lipinski definition) is 7. The third kappa shape index (κ3) is 3.41. The predicted octanol–water partition coefficient (Wildman–Crippen LogP) is 2.19. The number of nitrogens with one attached hydrogen (secondary N) is 1. The van der Waals surface area contributed by atoms with Gasteiger partial charge in [-0.1, -0.05) is 6.92 Å². The molecule has 6 rings (SSSR count). The summed E-state index contributed by atoms with van der Waals surface area (Å²) in [4.78, 5) is 18.6. The Kier molecular flexibility index (Phi) is 4.80. The van der Waals surface area contributed by atoms with Gasteiger partial charge in [0.05, 0.1) is 17.9 Å². The summed E-state index contributed by atoms with van der Waals surface area (Å²) in [6.45, 7) is 6.84. The second-order valence-electron chi connectivity index (χ2n) is 9.06. The maximum absolute atomic E-state index is 4.71. The molecule has 9 heteroatoms. The Morgan fingerprint density at radius 1 is 1.03 bits per heavy atom. The summed E-state index contributed by atoms with van der Waals surface area (Å²) >= 11 is 0. The van der Waals surface area contributed by atoms with Crippen LogP contribution >= 0.6 is 0 Å². The molecule has 4 aromatic heterocycles. The van der Waals surface area contributed by atoms with Crippen LogP contribution in [0.5, 0.6) is 0 Å². The van der Waals surface area contributed by atoms with Crippen molar-refractivity contribution in [3.63, 3.8) is 0 Å². The zero-order valence-corrected chi connectivity index (χ0v) is 18.6. The zero-order chi connectivity index (χ0) is 21.7. The van der Waals surface area contributed by atoms with Crippen molar-refractivity contribution >= 4 is 17.2 Å². The van der Waals surface area contributed by atoms with E-state index < -0.39 is 0 Å². The number of imidazole rings is 1. The first-order valence-electron chi connectivity index (χ1n) is 11.5. The number of likely N-dealkylation sites (N-methyl/N-ethyl adjacent to an activating group) is 1. The summed E-state index contributed by atoms with van der Waals surface area (Å²) in [7, 11) is 2.21. The summed E-state index contributed by atoms with van der Waals surface area (Å²) in [5.41, 5.74) is 4.22. The minimum Gasteiger partial charge on any atom is -0.350 e. The van der Waals surface area contributed by atoms with Gasteiger partial charge in [0.2, 0.25) is 11.7 Å². The quantitative estimate of drug-likeness (QED) is 0.519. The fourth-order valence-electron chi connectivity index (χ4n) is 4.91. The van der Waals surface area contributed by atoms with Crippen LogP contribution in [0.25, 0.3) is 22.4 Å². The number of fused-ring (bicyclic) bond motifs is 2. The summed E-state index contributed by atoms with van der Waals surface area (Å²) in [5.74, 6) is 1.42. The fourth-order valence-corrected chi connectivity index (χ4v) is 4.91. The number of piperazine rings is 1. The molecule has 0 unspecified atom stereocenters. The highest BCUT2D eigenvalue weighted by Gasteiger charge is 2.35. The molecular weight excluding hydrogens is 402 g/mol. The van der Waals surface area contributed by atoms with Gasteiger partial charge < -0.3 is 10.2 Å². The third-order valence-corrected chi connectivity index (χ3v) is 7.03. The van der Waals surface area contributed by atoms with Crippen LogP contribution in [0.1, 0.15) is 25.5 Å². The van der Waals surface area contributed by atoms with Gasteiger partial charge in [-0.2, -0.15) is 0 Å². The van der Waals surface area contributed by atoms with Crippen LogP contribution in [0.3, 0.4) is 0 Å². The zero-order valence-electron chi connectivity index (χ0n) is 18.6. The molecule has 5 heterocycles. The number of rotatable bonds is 5. The van der Waals surface area contributed by atoms with Gasteiger partial charge in [-0.05, 0) is 32.4 Å². The number of hydrogen-bond donors (Lipinski definition) is 1.